The molecule has 0 saturated heterocycles. The van der Waals surface area contributed by atoms with Crippen molar-refractivity contribution >= 4 is 21.1 Å². The Morgan fingerprint density at radius 3 is 2.50 bits per heavy atom. The Bertz CT molecular complexity index is 991. The highest BCUT2D eigenvalue weighted by molar-refractivity contribution is 7.89. The zero-order valence-electron chi connectivity index (χ0n) is 13.2. The SMILES string of the molecule is C[C@@H](CCc1ccccc1)NS(=O)(=O)c1ccc2[nH]c(=O)[nH]c2c1. The number of aryl methyl sites for hydroxylation is 1. The standard InChI is InChI=1S/C17H19N3O3S/c1-12(7-8-13-5-3-2-4-6-13)20-24(22,23)14-9-10-15-16(11-14)19-17(21)18-15/h2-6,9-12,20H,7-8H2,1H3,(H2,18,19,21)/t12-/m0/s1. The molecule has 0 bridgehead atoms. The van der Waals surface area contributed by atoms with Crippen molar-refractivity contribution < 1.29 is 8.42 Å². The minimum Gasteiger partial charge on any atom is -0.306 e. The molecule has 3 N–H and O–H groups in total. The van der Waals surface area contributed by atoms with Crippen LogP contribution in [0, 0.1) is 0 Å². The van der Waals surface area contributed by atoms with Gasteiger partial charge in [-0.15, -0.1) is 0 Å². The molecule has 0 spiro atoms. The molecule has 126 valence electrons. The second kappa shape index (κ2) is 6.62. The van der Waals surface area contributed by atoms with Crippen LogP contribution in [-0.2, 0) is 16.4 Å². The van der Waals surface area contributed by atoms with Gasteiger partial charge in [0, 0.05) is 6.04 Å². The largest absolute Gasteiger partial charge is 0.323 e. The van der Waals surface area contributed by atoms with Crippen LogP contribution in [0.15, 0.2) is 58.2 Å². The Kier molecular flexibility index (Phi) is 4.55. The number of nitrogens with one attached hydrogen (secondary N) is 3. The quantitative estimate of drug-likeness (QED) is 0.639. The summed E-state index contributed by atoms with van der Waals surface area (Å²) in [5.41, 5.74) is 1.87. The summed E-state index contributed by atoms with van der Waals surface area (Å²) in [5.74, 6) is 0. The van der Waals surface area contributed by atoms with Gasteiger partial charge in [-0.2, -0.15) is 0 Å². The molecule has 7 heteroatoms. The van der Waals surface area contributed by atoms with Crippen LogP contribution in [-0.4, -0.2) is 24.4 Å². The van der Waals surface area contributed by atoms with Gasteiger partial charge in [-0.25, -0.2) is 17.9 Å². The third-order valence-electron chi connectivity index (χ3n) is 3.86. The van der Waals surface area contributed by atoms with Crippen molar-refractivity contribution in [2.24, 2.45) is 0 Å². The van der Waals surface area contributed by atoms with E-state index in [1.807, 2.05) is 37.3 Å². The number of imidazole rings is 1. The number of aromatic nitrogens is 2. The Morgan fingerprint density at radius 1 is 1.04 bits per heavy atom. The summed E-state index contributed by atoms with van der Waals surface area (Å²) >= 11 is 0. The molecule has 0 fully saturated rings. The zero-order valence-corrected chi connectivity index (χ0v) is 14.1. The molecule has 0 radical (unpaired) electrons. The van der Waals surface area contributed by atoms with Gasteiger partial charge in [0.2, 0.25) is 10.0 Å². The summed E-state index contributed by atoms with van der Waals surface area (Å²) in [4.78, 5) is 16.6. The summed E-state index contributed by atoms with van der Waals surface area (Å²) in [6, 6.07) is 14.3. The van der Waals surface area contributed by atoms with Gasteiger partial charge in [0.15, 0.2) is 0 Å². The Morgan fingerprint density at radius 2 is 1.75 bits per heavy atom. The summed E-state index contributed by atoms with van der Waals surface area (Å²) in [6.07, 6.45) is 1.50. The van der Waals surface area contributed by atoms with Gasteiger partial charge in [-0.05, 0) is 43.5 Å². The molecule has 2 aromatic carbocycles. The number of hydrogen-bond acceptors (Lipinski definition) is 3. The number of rotatable bonds is 6. The van der Waals surface area contributed by atoms with Crippen LogP contribution in [0.3, 0.4) is 0 Å². The van der Waals surface area contributed by atoms with Crippen LogP contribution in [0.25, 0.3) is 11.0 Å². The Balaban J connectivity index is 1.70. The molecule has 3 aromatic rings. The topological polar surface area (TPSA) is 94.8 Å². The van der Waals surface area contributed by atoms with Gasteiger partial charge in [-0.1, -0.05) is 30.3 Å². The van der Waals surface area contributed by atoms with Crippen molar-refractivity contribution in [3.8, 4) is 0 Å². The van der Waals surface area contributed by atoms with E-state index in [4.69, 9.17) is 0 Å². The third-order valence-corrected chi connectivity index (χ3v) is 5.45. The van der Waals surface area contributed by atoms with Gasteiger partial charge in [-0.3, -0.25) is 0 Å². The molecule has 1 atom stereocenters. The number of benzene rings is 2. The van der Waals surface area contributed by atoms with E-state index < -0.39 is 10.0 Å². The molecule has 1 aromatic heterocycles. The average molecular weight is 345 g/mol. The Labute approximate surface area is 140 Å². The number of fused-ring (bicyclic) bond motifs is 1. The molecular formula is C17H19N3O3S. The maximum Gasteiger partial charge on any atom is 0.323 e. The van der Waals surface area contributed by atoms with E-state index in [1.165, 1.54) is 17.7 Å². The number of aromatic amines is 2. The summed E-state index contributed by atoms with van der Waals surface area (Å²) in [6.45, 7) is 1.84. The van der Waals surface area contributed by atoms with Gasteiger partial charge in [0.1, 0.15) is 0 Å². The molecule has 0 aliphatic heterocycles. The average Bonchev–Trinajstić information content (AvgIpc) is 2.92. The predicted octanol–water partition coefficient (Wildman–Crippen LogP) is 2.16. The van der Waals surface area contributed by atoms with E-state index >= 15 is 0 Å². The second-order valence-corrected chi connectivity index (χ2v) is 7.55. The maximum atomic E-state index is 12.5. The molecule has 0 aliphatic rings. The fourth-order valence-corrected chi connectivity index (χ4v) is 3.90. The van der Waals surface area contributed by atoms with E-state index in [9.17, 15) is 13.2 Å². The maximum absolute atomic E-state index is 12.5. The van der Waals surface area contributed by atoms with E-state index in [0.717, 1.165) is 6.42 Å². The first kappa shape index (κ1) is 16.5. The zero-order chi connectivity index (χ0) is 17.2. The van der Waals surface area contributed by atoms with Crippen LogP contribution in [0.2, 0.25) is 0 Å². The first-order chi connectivity index (χ1) is 11.4. The molecular weight excluding hydrogens is 326 g/mol. The molecule has 3 rings (SSSR count). The van der Waals surface area contributed by atoms with Gasteiger partial charge < -0.3 is 9.97 Å². The minimum atomic E-state index is -3.63. The molecule has 0 aliphatic carbocycles. The van der Waals surface area contributed by atoms with Crippen molar-refractivity contribution in [3.63, 3.8) is 0 Å². The Hall–Kier alpha value is -2.38. The molecule has 24 heavy (non-hydrogen) atoms. The van der Waals surface area contributed by atoms with Crippen LogP contribution >= 0.6 is 0 Å². The van der Waals surface area contributed by atoms with E-state index in [-0.39, 0.29) is 16.6 Å². The number of sulfonamides is 1. The molecule has 1 heterocycles. The van der Waals surface area contributed by atoms with E-state index in [2.05, 4.69) is 14.7 Å². The van der Waals surface area contributed by atoms with Gasteiger partial charge >= 0.3 is 5.69 Å². The normalized spacial score (nSPS) is 13.2. The first-order valence-corrected chi connectivity index (χ1v) is 9.21. The van der Waals surface area contributed by atoms with E-state index in [0.29, 0.717) is 17.5 Å². The fourth-order valence-electron chi connectivity index (χ4n) is 2.60. The number of hydrogen-bond donors (Lipinski definition) is 3. The number of H-pyrrole nitrogens is 2. The predicted molar refractivity (Wildman–Crippen MR) is 93.5 cm³/mol. The van der Waals surface area contributed by atoms with Crippen LogP contribution in [0.1, 0.15) is 18.9 Å². The molecule has 0 unspecified atom stereocenters. The van der Waals surface area contributed by atoms with Crippen molar-refractivity contribution in [2.75, 3.05) is 0 Å². The summed E-state index contributed by atoms with van der Waals surface area (Å²) < 4.78 is 27.7. The fraction of sp³-hybridized carbons (Fsp3) is 0.235. The monoisotopic (exact) mass is 345 g/mol. The lowest BCUT2D eigenvalue weighted by Gasteiger charge is -2.14. The smallest absolute Gasteiger partial charge is 0.306 e. The molecule has 0 amide bonds. The van der Waals surface area contributed by atoms with Gasteiger partial charge in [0.25, 0.3) is 0 Å². The summed E-state index contributed by atoms with van der Waals surface area (Å²) in [5, 5.41) is 0. The highest BCUT2D eigenvalue weighted by Gasteiger charge is 2.18. The highest BCUT2D eigenvalue weighted by Crippen LogP contribution is 2.16. The lowest BCUT2D eigenvalue weighted by molar-refractivity contribution is 0.547. The molecule has 6 nitrogen and oxygen atoms in total. The summed E-state index contributed by atoms with van der Waals surface area (Å²) in [7, 11) is -3.63. The lowest BCUT2D eigenvalue weighted by atomic mass is 10.1. The van der Waals surface area contributed by atoms with Crippen molar-refractivity contribution in [1.82, 2.24) is 14.7 Å². The van der Waals surface area contributed by atoms with Crippen LogP contribution in [0.5, 0.6) is 0 Å². The van der Waals surface area contributed by atoms with Crippen LogP contribution < -0.4 is 10.4 Å². The van der Waals surface area contributed by atoms with E-state index in [1.54, 1.807) is 6.07 Å². The van der Waals surface area contributed by atoms with Crippen molar-refractivity contribution in [3.05, 3.63) is 64.6 Å². The minimum absolute atomic E-state index is 0.136. The third kappa shape index (κ3) is 3.74. The second-order valence-electron chi connectivity index (χ2n) is 5.83. The highest BCUT2D eigenvalue weighted by atomic mass is 32.2. The van der Waals surface area contributed by atoms with Crippen molar-refractivity contribution in [2.45, 2.75) is 30.7 Å². The first-order valence-electron chi connectivity index (χ1n) is 7.72. The lowest BCUT2D eigenvalue weighted by Crippen LogP contribution is -2.32. The molecule has 0 saturated carbocycles. The van der Waals surface area contributed by atoms with Gasteiger partial charge in [0.05, 0.1) is 15.9 Å². The van der Waals surface area contributed by atoms with Crippen LogP contribution in [0.4, 0.5) is 0 Å². The van der Waals surface area contributed by atoms with Crippen molar-refractivity contribution in [1.29, 1.82) is 0 Å².